The molecule has 0 N–H and O–H groups in total. The lowest BCUT2D eigenvalue weighted by Crippen LogP contribution is -2.36. The number of hydrogen-bond acceptors (Lipinski definition) is 0. The third-order valence-corrected chi connectivity index (χ3v) is 4.21. The van der Waals surface area contributed by atoms with Crippen LogP contribution >= 0.6 is 23.2 Å². The van der Waals surface area contributed by atoms with Crippen molar-refractivity contribution in [3.8, 4) is 0 Å². The molecule has 2 rings (SSSR count). The van der Waals surface area contributed by atoms with Crippen molar-refractivity contribution >= 4 is 23.2 Å². The van der Waals surface area contributed by atoms with Gasteiger partial charge in [0.05, 0.1) is 0 Å². The summed E-state index contributed by atoms with van der Waals surface area (Å²) >= 11 is 11.2. The number of aryl methyl sites for hydroxylation is 1. The first kappa shape index (κ1) is 18.9. The average Bonchev–Trinajstić information content (AvgIpc) is 2.50. The van der Waals surface area contributed by atoms with E-state index >= 15 is 0 Å². The second kappa shape index (κ2) is 6.11. The van der Waals surface area contributed by atoms with Gasteiger partial charge in [0.15, 0.2) is 23.3 Å². The maximum Gasteiger partial charge on any atom is 0.315 e. The molecule has 0 saturated heterocycles. The monoisotopic (exact) mass is 390 g/mol. The zero-order chi connectivity index (χ0) is 18.4. The van der Waals surface area contributed by atoms with Gasteiger partial charge in [0.1, 0.15) is 5.56 Å². The van der Waals surface area contributed by atoms with Crippen molar-refractivity contribution < 1.29 is 30.7 Å². The summed E-state index contributed by atoms with van der Waals surface area (Å²) in [5.41, 5.74) is -2.43. The molecule has 0 aliphatic heterocycles. The molecule has 0 radical (unpaired) electrons. The van der Waals surface area contributed by atoms with Crippen molar-refractivity contribution in [3.63, 3.8) is 0 Å². The summed E-state index contributed by atoms with van der Waals surface area (Å²) in [5.74, 6) is -17.8. The Morgan fingerprint density at radius 2 is 1.25 bits per heavy atom. The fourth-order valence-electron chi connectivity index (χ4n) is 2.06. The minimum Gasteiger partial charge on any atom is -0.203 e. The molecule has 0 bridgehead atoms. The Bertz CT molecular complexity index is 774. The Balaban J connectivity index is 2.75. The summed E-state index contributed by atoms with van der Waals surface area (Å²) in [4.78, 5) is 0. The summed E-state index contributed by atoms with van der Waals surface area (Å²) in [7, 11) is 0. The highest BCUT2D eigenvalue weighted by Gasteiger charge is 2.58. The minimum atomic E-state index is -4.83. The standard InChI is InChI=1S/C15H7Cl2F7/c1-6-3-2-4-7(5-6)14(16,17)15(23,24)8-9(18)11(20)13(22)12(21)10(8)19/h2-5H,1H3. The molecule has 0 unspecified atom stereocenters. The first-order chi connectivity index (χ1) is 10.9. The van der Waals surface area contributed by atoms with Gasteiger partial charge in [0.2, 0.25) is 10.2 Å². The number of hydrogen-bond donors (Lipinski definition) is 0. The van der Waals surface area contributed by atoms with Gasteiger partial charge in [-0.2, -0.15) is 8.78 Å². The zero-order valence-electron chi connectivity index (χ0n) is 11.7. The maximum absolute atomic E-state index is 14.6. The van der Waals surface area contributed by atoms with E-state index in [-0.39, 0.29) is 0 Å². The van der Waals surface area contributed by atoms with Crippen LogP contribution in [0, 0.1) is 36.0 Å². The van der Waals surface area contributed by atoms with Gasteiger partial charge < -0.3 is 0 Å². The van der Waals surface area contributed by atoms with E-state index in [1.165, 1.54) is 19.1 Å². The van der Waals surface area contributed by atoms with Gasteiger partial charge in [-0.15, -0.1) is 0 Å². The molecule has 0 nitrogen and oxygen atoms in total. The molecular formula is C15H7Cl2F7. The van der Waals surface area contributed by atoms with Crippen molar-refractivity contribution in [1.29, 1.82) is 0 Å². The number of alkyl halides is 4. The predicted octanol–water partition coefficient (Wildman–Crippen LogP) is 6.11. The van der Waals surface area contributed by atoms with Gasteiger partial charge in [0, 0.05) is 0 Å². The first-order valence-corrected chi connectivity index (χ1v) is 7.03. The lowest BCUT2D eigenvalue weighted by atomic mass is 9.96. The van der Waals surface area contributed by atoms with Crippen LogP contribution in [0.4, 0.5) is 30.7 Å². The number of benzene rings is 2. The van der Waals surface area contributed by atoms with Crippen molar-refractivity contribution in [2.45, 2.75) is 17.2 Å². The van der Waals surface area contributed by atoms with Crippen molar-refractivity contribution in [1.82, 2.24) is 0 Å². The lowest BCUT2D eigenvalue weighted by Gasteiger charge is -2.31. The van der Waals surface area contributed by atoms with E-state index in [1.807, 2.05) is 0 Å². The zero-order valence-corrected chi connectivity index (χ0v) is 13.2. The maximum atomic E-state index is 14.6. The fraction of sp³-hybridized carbons (Fsp3) is 0.200. The lowest BCUT2D eigenvalue weighted by molar-refractivity contribution is -0.0324. The van der Waals surface area contributed by atoms with Gasteiger partial charge in [-0.3, -0.25) is 0 Å². The van der Waals surface area contributed by atoms with E-state index in [2.05, 4.69) is 0 Å². The van der Waals surface area contributed by atoms with Crippen LogP contribution in [0.25, 0.3) is 0 Å². The molecule has 130 valence electrons. The molecule has 2 aromatic carbocycles. The van der Waals surface area contributed by atoms with E-state index in [9.17, 15) is 30.7 Å². The minimum absolute atomic E-state index is 0.436. The molecule has 0 spiro atoms. The highest BCUT2D eigenvalue weighted by molar-refractivity contribution is 6.48. The van der Waals surface area contributed by atoms with Gasteiger partial charge in [-0.1, -0.05) is 53.0 Å². The normalized spacial score (nSPS) is 12.6. The van der Waals surface area contributed by atoms with Crippen LogP contribution in [0.2, 0.25) is 0 Å². The third kappa shape index (κ3) is 2.73. The van der Waals surface area contributed by atoms with Gasteiger partial charge >= 0.3 is 5.92 Å². The Labute approximate surface area is 141 Å². The molecule has 9 heteroatoms. The molecule has 0 aliphatic carbocycles. The molecule has 0 amide bonds. The van der Waals surface area contributed by atoms with Gasteiger partial charge in [-0.05, 0) is 12.5 Å². The van der Waals surface area contributed by atoms with Crippen LogP contribution in [0.15, 0.2) is 24.3 Å². The Morgan fingerprint density at radius 3 is 1.71 bits per heavy atom. The van der Waals surface area contributed by atoms with E-state index in [0.717, 1.165) is 12.1 Å². The van der Waals surface area contributed by atoms with Crippen LogP contribution < -0.4 is 0 Å². The van der Waals surface area contributed by atoms with Crippen molar-refractivity contribution in [2.75, 3.05) is 0 Å². The summed E-state index contributed by atoms with van der Waals surface area (Å²) in [6.45, 7) is 1.50. The fourth-order valence-corrected chi connectivity index (χ4v) is 2.48. The molecule has 0 heterocycles. The van der Waals surface area contributed by atoms with Crippen molar-refractivity contribution in [2.24, 2.45) is 0 Å². The molecule has 24 heavy (non-hydrogen) atoms. The summed E-state index contributed by atoms with van der Waals surface area (Å²) in [6, 6.07) is 4.93. The van der Waals surface area contributed by atoms with Crippen LogP contribution in [0.5, 0.6) is 0 Å². The van der Waals surface area contributed by atoms with E-state index < -0.39 is 50.5 Å². The van der Waals surface area contributed by atoms with Crippen LogP contribution in [0.3, 0.4) is 0 Å². The van der Waals surface area contributed by atoms with Crippen LogP contribution in [0.1, 0.15) is 16.7 Å². The first-order valence-electron chi connectivity index (χ1n) is 6.27. The number of rotatable bonds is 3. The second-order valence-electron chi connectivity index (χ2n) is 4.96. The van der Waals surface area contributed by atoms with E-state index in [4.69, 9.17) is 23.2 Å². The topological polar surface area (TPSA) is 0 Å². The summed E-state index contributed by atoms with van der Waals surface area (Å²) in [6.07, 6.45) is 0. The molecule has 2 aromatic rings. The molecule has 0 fully saturated rings. The smallest absolute Gasteiger partial charge is 0.203 e. The highest BCUT2D eigenvalue weighted by atomic mass is 35.5. The SMILES string of the molecule is Cc1cccc(C(Cl)(Cl)C(F)(F)c2c(F)c(F)c(F)c(F)c2F)c1. The number of halogens is 9. The largest absolute Gasteiger partial charge is 0.315 e. The van der Waals surface area contributed by atoms with Crippen LogP contribution in [-0.4, -0.2) is 0 Å². The predicted molar refractivity (Wildman–Crippen MR) is 74.7 cm³/mol. The Morgan fingerprint density at radius 1 is 0.792 bits per heavy atom. The van der Waals surface area contributed by atoms with Crippen molar-refractivity contribution in [3.05, 3.63) is 70.0 Å². The van der Waals surface area contributed by atoms with Crippen LogP contribution in [-0.2, 0) is 10.3 Å². The molecule has 0 aromatic heterocycles. The molecule has 0 atom stereocenters. The quantitative estimate of drug-likeness (QED) is 0.256. The summed E-state index contributed by atoms with van der Waals surface area (Å²) < 4.78 is 92.7. The summed E-state index contributed by atoms with van der Waals surface area (Å²) in [5, 5.41) is 0. The molecular weight excluding hydrogens is 384 g/mol. The Hall–Kier alpha value is -1.47. The van der Waals surface area contributed by atoms with E-state index in [0.29, 0.717) is 5.56 Å². The molecule has 0 saturated carbocycles. The van der Waals surface area contributed by atoms with Gasteiger partial charge in [0.25, 0.3) is 0 Å². The van der Waals surface area contributed by atoms with Gasteiger partial charge in [-0.25, -0.2) is 22.0 Å². The average molecular weight is 391 g/mol. The Kier molecular flexibility index (Phi) is 4.80. The van der Waals surface area contributed by atoms with E-state index in [1.54, 1.807) is 0 Å². The highest BCUT2D eigenvalue weighted by Crippen LogP contribution is 2.54. The second-order valence-corrected chi connectivity index (χ2v) is 6.29. The third-order valence-electron chi connectivity index (χ3n) is 3.30. The molecule has 0 aliphatic rings.